The number of nitrogens with one attached hydrogen (secondary N) is 2. The van der Waals surface area contributed by atoms with Crippen molar-refractivity contribution in [3.63, 3.8) is 0 Å². The molecule has 0 aliphatic carbocycles. The number of halogens is 1. The second kappa shape index (κ2) is 11.8. The maximum atomic E-state index is 5.65. The summed E-state index contributed by atoms with van der Waals surface area (Å²) in [7, 11) is 1.82. The molecule has 0 saturated carbocycles. The molecule has 3 rings (SSSR count). The van der Waals surface area contributed by atoms with Gasteiger partial charge in [-0.3, -0.25) is 4.99 Å². The maximum Gasteiger partial charge on any atom is 0.191 e. The summed E-state index contributed by atoms with van der Waals surface area (Å²) in [6.45, 7) is 8.02. The lowest BCUT2D eigenvalue weighted by Crippen LogP contribution is -2.47. The quantitative estimate of drug-likeness (QED) is 0.316. The molecule has 0 amide bonds. The lowest BCUT2D eigenvalue weighted by Gasteiger charge is -2.38. The Bertz CT molecular complexity index is 771. The number of hydrogen-bond donors (Lipinski definition) is 2. The smallest absolute Gasteiger partial charge is 0.191 e. The molecule has 1 fully saturated rings. The molecule has 2 N–H and O–H groups in total. The predicted molar refractivity (Wildman–Crippen MR) is 132 cm³/mol. The van der Waals surface area contributed by atoms with Gasteiger partial charge in [0.05, 0.1) is 13.2 Å². The third kappa shape index (κ3) is 6.58. The Morgan fingerprint density at radius 2 is 1.86 bits per heavy atom. The van der Waals surface area contributed by atoms with Gasteiger partial charge in [-0.2, -0.15) is 0 Å². The van der Waals surface area contributed by atoms with Gasteiger partial charge in [-0.1, -0.05) is 12.1 Å². The van der Waals surface area contributed by atoms with Gasteiger partial charge >= 0.3 is 0 Å². The van der Waals surface area contributed by atoms with Crippen LogP contribution in [-0.4, -0.2) is 39.4 Å². The van der Waals surface area contributed by atoms with Gasteiger partial charge in [-0.05, 0) is 56.5 Å². The highest BCUT2D eigenvalue weighted by molar-refractivity contribution is 14.0. The first-order chi connectivity index (χ1) is 13.6. The first-order valence-corrected chi connectivity index (χ1v) is 10.8. The largest absolute Gasteiger partial charge is 0.494 e. The molecule has 0 radical (unpaired) electrons. The Kier molecular flexibility index (Phi) is 9.71. The van der Waals surface area contributed by atoms with E-state index in [0.29, 0.717) is 6.61 Å². The van der Waals surface area contributed by atoms with Crippen LogP contribution in [0, 0.1) is 6.92 Å². The predicted octanol–water partition coefficient (Wildman–Crippen LogP) is 4.49. The summed E-state index contributed by atoms with van der Waals surface area (Å²) >= 11 is 1.81. The summed E-state index contributed by atoms with van der Waals surface area (Å²) in [5.74, 6) is 1.76. The van der Waals surface area contributed by atoms with Crippen LogP contribution in [-0.2, 0) is 16.7 Å². The van der Waals surface area contributed by atoms with Crippen LogP contribution < -0.4 is 15.4 Å². The molecule has 0 atom stereocenters. The van der Waals surface area contributed by atoms with Gasteiger partial charge in [0.25, 0.3) is 0 Å². The summed E-state index contributed by atoms with van der Waals surface area (Å²) < 4.78 is 11.3. The Labute approximate surface area is 195 Å². The molecular formula is C22H32IN3O2S. The zero-order valence-corrected chi connectivity index (χ0v) is 20.6. The minimum Gasteiger partial charge on any atom is -0.494 e. The van der Waals surface area contributed by atoms with E-state index < -0.39 is 0 Å². The van der Waals surface area contributed by atoms with Gasteiger partial charge in [-0.25, -0.2) is 0 Å². The third-order valence-corrected chi connectivity index (χ3v) is 6.27. The average molecular weight is 529 g/mol. The number of thiophene rings is 1. The fourth-order valence-electron chi connectivity index (χ4n) is 3.63. The Morgan fingerprint density at radius 3 is 2.45 bits per heavy atom. The van der Waals surface area contributed by atoms with Gasteiger partial charge < -0.3 is 20.1 Å². The molecule has 7 heteroatoms. The van der Waals surface area contributed by atoms with Crippen LogP contribution in [0.3, 0.4) is 0 Å². The van der Waals surface area contributed by atoms with Gasteiger partial charge in [0, 0.05) is 42.0 Å². The van der Waals surface area contributed by atoms with Crippen LogP contribution in [0.4, 0.5) is 0 Å². The fraction of sp³-hybridized carbons (Fsp3) is 0.500. The van der Waals surface area contributed by atoms with Crippen molar-refractivity contribution in [1.82, 2.24) is 10.6 Å². The van der Waals surface area contributed by atoms with E-state index in [9.17, 15) is 0 Å². The van der Waals surface area contributed by atoms with Crippen molar-refractivity contribution in [1.29, 1.82) is 0 Å². The van der Waals surface area contributed by atoms with Gasteiger partial charge in [0.2, 0.25) is 0 Å². The summed E-state index contributed by atoms with van der Waals surface area (Å²) in [4.78, 5) is 7.05. The van der Waals surface area contributed by atoms with Crippen molar-refractivity contribution in [3.8, 4) is 5.75 Å². The monoisotopic (exact) mass is 529 g/mol. The minimum atomic E-state index is 0. The molecule has 1 aromatic heterocycles. The van der Waals surface area contributed by atoms with Crippen molar-refractivity contribution in [2.75, 3.05) is 33.4 Å². The van der Waals surface area contributed by atoms with Gasteiger partial charge in [-0.15, -0.1) is 35.3 Å². The minimum absolute atomic E-state index is 0. The second-order valence-electron chi connectivity index (χ2n) is 7.14. The highest BCUT2D eigenvalue weighted by Crippen LogP contribution is 2.35. The van der Waals surface area contributed by atoms with E-state index in [-0.39, 0.29) is 29.4 Å². The summed E-state index contributed by atoms with van der Waals surface area (Å²) in [6, 6.07) is 12.9. The van der Waals surface area contributed by atoms with Crippen LogP contribution in [0.2, 0.25) is 0 Å². The normalized spacial score (nSPS) is 16.0. The van der Waals surface area contributed by atoms with Gasteiger partial charge in [0.15, 0.2) is 5.96 Å². The highest BCUT2D eigenvalue weighted by atomic mass is 127. The summed E-state index contributed by atoms with van der Waals surface area (Å²) in [5, 5.41) is 6.98. The Morgan fingerprint density at radius 1 is 1.14 bits per heavy atom. The van der Waals surface area contributed by atoms with Crippen molar-refractivity contribution in [3.05, 3.63) is 51.7 Å². The molecule has 2 aromatic rings. The van der Waals surface area contributed by atoms with Crippen molar-refractivity contribution in [2.45, 2.75) is 38.6 Å². The number of aryl methyl sites for hydroxylation is 1. The van der Waals surface area contributed by atoms with Crippen molar-refractivity contribution >= 4 is 41.3 Å². The molecular weight excluding hydrogens is 497 g/mol. The molecule has 5 nitrogen and oxygen atoms in total. The van der Waals surface area contributed by atoms with E-state index in [1.165, 1.54) is 15.3 Å². The van der Waals surface area contributed by atoms with E-state index in [1.807, 2.05) is 25.3 Å². The zero-order valence-electron chi connectivity index (χ0n) is 17.5. The number of benzene rings is 1. The van der Waals surface area contributed by atoms with E-state index >= 15 is 0 Å². The molecule has 160 valence electrons. The maximum absolute atomic E-state index is 5.65. The number of nitrogens with zero attached hydrogens (tertiary/aromatic N) is 1. The van der Waals surface area contributed by atoms with E-state index in [1.54, 1.807) is 0 Å². The Balaban J connectivity index is 0.00000300. The number of hydrogen-bond acceptors (Lipinski definition) is 4. The fourth-order valence-corrected chi connectivity index (χ4v) is 4.46. The lowest BCUT2D eigenvalue weighted by atomic mass is 9.74. The molecule has 1 saturated heterocycles. The van der Waals surface area contributed by atoms with Crippen LogP contribution >= 0.6 is 35.3 Å². The van der Waals surface area contributed by atoms with Crippen LogP contribution in [0.15, 0.2) is 41.4 Å². The standard InChI is InChI=1S/C22H31N3O2S.HI/c1-4-27-19-8-6-18(7-9-19)22(11-13-26-14-12-22)16-25-21(23-3)24-15-20-10-5-17(2)28-20;/h5-10H,4,11-16H2,1-3H3,(H2,23,24,25);1H. The van der Waals surface area contributed by atoms with E-state index in [0.717, 1.165) is 50.9 Å². The topological polar surface area (TPSA) is 54.9 Å². The molecule has 1 aromatic carbocycles. The first-order valence-electron chi connectivity index (χ1n) is 9.96. The van der Waals surface area contributed by atoms with Crippen molar-refractivity contribution in [2.24, 2.45) is 4.99 Å². The molecule has 0 unspecified atom stereocenters. The molecule has 1 aliphatic rings. The summed E-state index contributed by atoms with van der Waals surface area (Å²) in [5.41, 5.74) is 1.37. The molecule has 0 spiro atoms. The zero-order chi connectivity index (χ0) is 19.8. The summed E-state index contributed by atoms with van der Waals surface area (Å²) in [6.07, 6.45) is 1.99. The number of aliphatic imine (C=N–C) groups is 1. The number of ether oxygens (including phenoxy) is 2. The van der Waals surface area contributed by atoms with Crippen molar-refractivity contribution < 1.29 is 9.47 Å². The molecule has 29 heavy (non-hydrogen) atoms. The number of rotatable bonds is 7. The molecule has 2 heterocycles. The molecule has 1 aliphatic heterocycles. The third-order valence-electron chi connectivity index (χ3n) is 5.27. The highest BCUT2D eigenvalue weighted by Gasteiger charge is 2.34. The van der Waals surface area contributed by atoms with E-state index in [4.69, 9.17) is 9.47 Å². The SMILES string of the molecule is CCOc1ccc(C2(CNC(=NC)NCc3ccc(C)s3)CCOCC2)cc1.I. The average Bonchev–Trinajstić information content (AvgIpc) is 3.15. The second-order valence-corrected chi connectivity index (χ2v) is 8.51. The first kappa shape index (κ1) is 24.0. The molecule has 0 bridgehead atoms. The van der Waals surface area contributed by atoms with Crippen LogP contribution in [0.25, 0.3) is 0 Å². The van der Waals surface area contributed by atoms with Crippen LogP contribution in [0.1, 0.15) is 35.1 Å². The lowest BCUT2D eigenvalue weighted by molar-refractivity contribution is 0.0513. The van der Waals surface area contributed by atoms with E-state index in [2.05, 4.69) is 58.9 Å². The van der Waals surface area contributed by atoms with Crippen LogP contribution in [0.5, 0.6) is 5.75 Å². The number of guanidine groups is 1. The van der Waals surface area contributed by atoms with Gasteiger partial charge in [0.1, 0.15) is 5.75 Å². The Hall–Kier alpha value is -1.32.